The normalized spacial score (nSPS) is 25.3. The molecule has 1 aromatic carbocycles. The van der Waals surface area contributed by atoms with Gasteiger partial charge in [0.1, 0.15) is 18.3 Å². The Labute approximate surface area is 157 Å². The summed E-state index contributed by atoms with van der Waals surface area (Å²) in [6.07, 6.45) is -3.26. The van der Waals surface area contributed by atoms with E-state index in [4.69, 9.17) is 4.74 Å². The van der Waals surface area contributed by atoms with Crippen LogP contribution in [0.2, 0.25) is 0 Å². The van der Waals surface area contributed by atoms with Crippen molar-refractivity contribution >= 4 is 22.9 Å². The summed E-state index contributed by atoms with van der Waals surface area (Å²) in [7, 11) is 0. The molecule has 3 heterocycles. The zero-order chi connectivity index (χ0) is 19.0. The van der Waals surface area contributed by atoms with Gasteiger partial charge < -0.3 is 25.0 Å². The number of aliphatic hydroxyl groups is 3. The third kappa shape index (κ3) is 3.26. The second kappa shape index (κ2) is 7.41. The van der Waals surface area contributed by atoms with Crippen LogP contribution in [0.5, 0.6) is 0 Å². The molecule has 0 saturated carbocycles. The highest BCUT2D eigenvalue weighted by Gasteiger charge is 2.45. The molecule has 1 aliphatic rings. The molecule has 2 aromatic heterocycles. The van der Waals surface area contributed by atoms with Crippen molar-refractivity contribution in [2.24, 2.45) is 0 Å². The van der Waals surface area contributed by atoms with Gasteiger partial charge in [0.2, 0.25) is 0 Å². The number of aliphatic hydroxyl groups excluding tert-OH is 3. The molecule has 0 radical (unpaired) electrons. The number of rotatable bonds is 5. The summed E-state index contributed by atoms with van der Waals surface area (Å²) in [4.78, 5) is 23.1. The first-order valence-corrected chi connectivity index (χ1v) is 9.33. The summed E-state index contributed by atoms with van der Waals surface area (Å²) in [5.41, 5.74) is 1.01. The second-order valence-electron chi connectivity index (χ2n) is 6.17. The largest absolute Gasteiger partial charge is 0.394 e. The summed E-state index contributed by atoms with van der Waals surface area (Å²) < 4.78 is 7.13. The molecule has 0 aliphatic carbocycles. The van der Waals surface area contributed by atoms with Crippen LogP contribution < -0.4 is 5.56 Å². The molecule has 1 fully saturated rings. The van der Waals surface area contributed by atoms with E-state index in [1.165, 1.54) is 22.7 Å². The smallest absolute Gasteiger partial charge is 0.278 e. The van der Waals surface area contributed by atoms with E-state index >= 15 is 0 Å². The van der Waals surface area contributed by atoms with Gasteiger partial charge in [-0.25, -0.2) is 9.97 Å². The maximum Gasteiger partial charge on any atom is 0.278 e. The van der Waals surface area contributed by atoms with E-state index in [2.05, 4.69) is 15.0 Å². The van der Waals surface area contributed by atoms with Gasteiger partial charge in [0, 0.05) is 5.75 Å². The molecular weight excluding hydrogens is 372 g/mol. The molecule has 0 spiro atoms. The van der Waals surface area contributed by atoms with Crippen LogP contribution in [0.25, 0.3) is 11.2 Å². The average Bonchev–Trinajstić information content (AvgIpc) is 3.19. The minimum atomic E-state index is -1.29. The van der Waals surface area contributed by atoms with E-state index in [-0.39, 0.29) is 11.2 Å². The lowest BCUT2D eigenvalue weighted by Crippen LogP contribution is -2.33. The van der Waals surface area contributed by atoms with E-state index in [0.717, 1.165) is 5.56 Å². The standard InChI is InChI=1S/C17H18N4O5S/c22-6-10-12(23)13(24)16(26-10)21-14-11(15(25)19-8-18-14)20-17(21)27-7-9-4-2-1-3-5-9/h1-5,8,10,12-13,16,22-24H,6-7H2,(H,18,19,25)/t10-,12-,13+,16-/m0/s1. The average molecular weight is 390 g/mol. The fourth-order valence-corrected chi connectivity index (χ4v) is 4.02. The number of imidazole rings is 1. The van der Waals surface area contributed by atoms with Gasteiger partial charge in [0.15, 0.2) is 22.5 Å². The second-order valence-corrected chi connectivity index (χ2v) is 7.11. The Morgan fingerprint density at radius 1 is 1.22 bits per heavy atom. The number of hydrogen-bond acceptors (Lipinski definition) is 8. The molecule has 1 aliphatic heterocycles. The molecule has 10 heteroatoms. The molecule has 3 aromatic rings. The van der Waals surface area contributed by atoms with Crippen LogP contribution >= 0.6 is 11.8 Å². The lowest BCUT2D eigenvalue weighted by molar-refractivity contribution is -0.0548. The molecule has 0 unspecified atom stereocenters. The molecular formula is C17H18N4O5S. The molecule has 9 nitrogen and oxygen atoms in total. The van der Waals surface area contributed by atoms with Crippen molar-refractivity contribution in [2.75, 3.05) is 6.61 Å². The van der Waals surface area contributed by atoms with Crippen molar-refractivity contribution < 1.29 is 20.1 Å². The number of aromatic amines is 1. The number of nitrogens with zero attached hydrogens (tertiary/aromatic N) is 3. The SMILES string of the molecule is O=c1[nH]cnc2c1nc(SCc1ccccc1)n2[C@H]1O[C@@H](CO)[C@H](O)[C@H]1O. The quantitative estimate of drug-likeness (QED) is 0.448. The maximum absolute atomic E-state index is 12.1. The Kier molecular flexibility index (Phi) is 4.98. The maximum atomic E-state index is 12.1. The van der Waals surface area contributed by atoms with Gasteiger partial charge in [0.25, 0.3) is 5.56 Å². The van der Waals surface area contributed by atoms with Crippen LogP contribution in [-0.2, 0) is 10.5 Å². The van der Waals surface area contributed by atoms with E-state index in [0.29, 0.717) is 10.9 Å². The predicted octanol–water partition coefficient (Wildman–Crippen LogP) is 0.0234. The Bertz CT molecular complexity index is 992. The van der Waals surface area contributed by atoms with E-state index < -0.39 is 36.7 Å². The van der Waals surface area contributed by atoms with Gasteiger partial charge in [-0.2, -0.15) is 0 Å². The van der Waals surface area contributed by atoms with Gasteiger partial charge in [-0.1, -0.05) is 42.1 Å². The summed E-state index contributed by atoms with van der Waals surface area (Å²) in [6.45, 7) is -0.443. The highest BCUT2D eigenvalue weighted by molar-refractivity contribution is 7.98. The fraction of sp³-hybridized carbons (Fsp3) is 0.353. The molecule has 4 atom stereocenters. The third-order valence-electron chi connectivity index (χ3n) is 4.43. The van der Waals surface area contributed by atoms with E-state index in [1.807, 2.05) is 30.3 Å². The molecule has 142 valence electrons. The number of H-pyrrole nitrogens is 1. The highest BCUT2D eigenvalue weighted by Crippen LogP contribution is 2.35. The molecule has 27 heavy (non-hydrogen) atoms. The van der Waals surface area contributed by atoms with Crippen molar-refractivity contribution in [3.05, 3.63) is 52.6 Å². The van der Waals surface area contributed by atoms with Gasteiger partial charge >= 0.3 is 0 Å². The number of thioether (sulfide) groups is 1. The van der Waals surface area contributed by atoms with Crippen LogP contribution in [0.1, 0.15) is 11.8 Å². The van der Waals surface area contributed by atoms with Crippen LogP contribution in [0.15, 0.2) is 46.6 Å². The summed E-state index contributed by atoms with van der Waals surface area (Å²) >= 11 is 1.36. The van der Waals surface area contributed by atoms with Crippen LogP contribution in [0.3, 0.4) is 0 Å². The zero-order valence-corrected chi connectivity index (χ0v) is 14.9. The van der Waals surface area contributed by atoms with Crippen molar-refractivity contribution in [1.82, 2.24) is 19.5 Å². The van der Waals surface area contributed by atoms with Crippen molar-refractivity contribution in [3.8, 4) is 0 Å². The van der Waals surface area contributed by atoms with Gasteiger partial charge in [-0.05, 0) is 5.56 Å². The third-order valence-corrected chi connectivity index (χ3v) is 5.46. The first-order chi connectivity index (χ1) is 13.1. The van der Waals surface area contributed by atoms with Crippen molar-refractivity contribution in [3.63, 3.8) is 0 Å². The fourth-order valence-electron chi connectivity index (χ4n) is 3.05. The van der Waals surface area contributed by atoms with Crippen LogP contribution in [-0.4, -0.2) is 59.8 Å². The minimum absolute atomic E-state index is 0.116. The Morgan fingerprint density at radius 2 is 2.00 bits per heavy atom. The number of ether oxygens (including phenoxy) is 1. The monoisotopic (exact) mass is 390 g/mol. The summed E-state index contributed by atoms with van der Waals surface area (Å²) in [6, 6.07) is 9.72. The number of benzene rings is 1. The van der Waals surface area contributed by atoms with Gasteiger partial charge in [-0.3, -0.25) is 9.36 Å². The van der Waals surface area contributed by atoms with E-state index in [1.54, 1.807) is 0 Å². The van der Waals surface area contributed by atoms with Gasteiger partial charge in [0.05, 0.1) is 12.9 Å². The zero-order valence-electron chi connectivity index (χ0n) is 14.1. The van der Waals surface area contributed by atoms with Gasteiger partial charge in [-0.15, -0.1) is 0 Å². The van der Waals surface area contributed by atoms with E-state index in [9.17, 15) is 20.1 Å². The Morgan fingerprint density at radius 3 is 2.70 bits per heavy atom. The molecule has 4 N–H and O–H groups in total. The number of hydrogen-bond donors (Lipinski definition) is 4. The van der Waals surface area contributed by atoms with Crippen LogP contribution in [0, 0.1) is 0 Å². The molecule has 0 bridgehead atoms. The van der Waals surface area contributed by atoms with Crippen molar-refractivity contribution in [2.45, 2.75) is 35.4 Å². The molecule has 4 rings (SSSR count). The lowest BCUT2D eigenvalue weighted by Gasteiger charge is -2.19. The molecule has 1 saturated heterocycles. The number of aromatic nitrogens is 4. The first-order valence-electron chi connectivity index (χ1n) is 8.35. The summed E-state index contributed by atoms with van der Waals surface area (Å²) in [5.74, 6) is 0.580. The molecule has 0 amide bonds. The van der Waals surface area contributed by atoms with Crippen molar-refractivity contribution in [1.29, 1.82) is 0 Å². The Hall–Kier alpha value is -2.24. The van der Waals surface area contributed by atoms with Crippen LogP contribution in [0.4, 0.5) is 0 Å². The lowest BCUT2D eigenvalue weighted by atomic mass is 10.1. The Balaban J connectivity index is 1.76. The summed E-state index contributed by atoms with van der Waals surface area (Å²) in [5, 5.41) is 30.3. The number of nitrogens with one attached hydrogen (secondary N) is 1. The highest BCUT2D eigenvalue weighted by atomic mass is 32.2. The predicted molar refractivity (Wildman–Crippen MR) is 97.2 cm³/mol. The number of fused-ring (bicyclic) bond motifs is 1. The topological polar surface area (TPSA) is 133 Å². The minimum Gasteiger partial charge on any atom is -0.394 e. The first kappa shape index (κ1) is 18.1.